The van der Waals surface area contributed by atoms with Gasteiger partial charge in [0.15, 0.2) is 0 Å². The van der Waals surface area contributed by atoms with Crippen molar-refractivity contribution in [3.63, 3.8) is 0 Å². The summed E-state index contributed by atoms with van der Waals surface area (Å²) in [5, 5.41) is 6.59. The summed E-state index contributed by atoms with van der Waals surface area (Å²) in [4.78, 5) is 0. The average molecular weight is 247 g/mol. The minimum atomic E-state index is -0.195. The van der Waals surface area contributed by atoms with Crippen molar-refractivity contribution in [2.45, 2.75) is 13.0 Å². The summed E-state index contributed by atoms with van der Waals surface area (Å²) in [5.74, 6) is 6.92. The molecule has 1 unspecified atom stereocenters. The Morgan fingerprint density at radius 2 is 2.11 bits per heavy atom. The van der Waals surface area contributed by atoms with E-state index in [1.165, 1.54) is 0 Å². The van der Waals surface area contributed by atoms with E-state index >= 15 is 0 Å². The van der Waals surface area contributed by atoms with Crippen LogP contribution in [0.25, 0.3) is 0 Å². The first-order valence-corrected chi connectivity index (χ1v) is 5.74. The van der Waals surface area contributed by atoms with Crippen LogP contribution < -0.4 is 21.7 Å². The highest BCUT2D eigenvalue weighted by atomic mass is 16.5. The molecule has 6 N–H and O–H groups in total. The molecule has 0 spiro atoms. The Morgan fingerprint density at radius 1 is 1.39 bits per heavy atom. The number of hydrazine groups is 1. The van der Waals surface area contributed by atoms with Gasteiger partial charge in [-0.25, -0.2) is 5.43 Å². The molecule has 0 radical (unpaired) electrons. The Kier molecular flexibility index (Phi) is 3.81. The van der Waals surface area contributed by atoms with E-state index in [1.54, 1.807) is 6.20 Å². The number of aromatic nitrogens is 2. The number of nitrogens with two attached hydrogens (primary N) is 2. The van der Waals surface area contributed by atoms with Crippen molar-refractivity contribution in [2.24, 2.45) is 5.84 Å². The fourth-order valence-corrected chi connectivity index (χ4v) is 1.82. The van der Waals surface area contributed by atoms with Crippen LogP contribution in [0.15, 0.2) is 30.5 Å². The Balaban J connectivity index is 2.25. The van der Waals surface area contributed by atoms with Crippen LogP contribution in [0, 0.1) is 0 Å². The molecule has 1 aromatic carbocycles. The van der Waals surface area contributed by atoms with Crippen LogP contribution in [0.3, 0.4) is 0 Å². The number of aromatic amines is 1. The molecule has 0 aliphatic rings. The van der Waals surface area contributed by atoms with E-state index in [1.807, 2.05) is 31.2 Å². The molecule has 0 saturated carbocycles. The van der Waals surface area contributed by atoms with Crippen LogP contribution in [-0.4, -0.2) is 16.8 Å². The smallest absolute Gasteiger partial charge is 0.124 e. The molecule has 2 rings (SSSR count). The van der Waals surface area contributed by atoms with Crippen LogP contribution in [0.1, 0.15) is 24.1 Å². The molecule has 2 aromatic rings. The van der Waals surface area contributed by atoms with Gasteiger partial charge < -0.3 is 10.5 Å². The number of nitrogen functional groups attached to an aromatic ring is 1. The highest BCUT2D eigenvalue weighted by Crippen LogP contribution is 2.25. The lowest BCUT2D eigenvalue weighted by atomic mass is 10.0. The highest BCUT2D eigenvalue weighted by molar-refractivity contribution is 5.45. The van der Waals surface area contributed by atoms with Crippen LogP contribution in [0.4, 0.5) is 5.82 Å². The quantitative estimate of drug-likeness (QED) is 0.465. The summed E-state index contributed by atoms with van der Waals surface area (Å²) in [5.41, 5.74) is 10.3. The predicted octanol–water partition coefficient (Wildman–Crippen LogP) is 0.943. The number of nitrogens with one attached hydrogen (secondary N) is 2. The molecule has 18 heavy (non-hydrogen) atoms. The van der Waals surface area contributed by atoms with Crippen molar-refractivity contribution >= 4 is 5.82 Å². The SMILES string of the molecule is CCOc1ccc(C(NN)c2cn[nH]c2N)cc1. The van der Waals surface area contributed by atoms with Gasteiger partial charge in [-0.15, -0.1) is 0 Å². The largest absolute Gasteiger partial charge is 0.494 e. The Bertz CT molecular complexity index is 493. The number of benzene rings is 1. The fourth-order valence-electron chi connectivity index (χ4n) is 1.82. The van der Waals surface area contributed by atoms with Crippen molar-refractivity contribution in [1.29, 1.82) is 0 Å². The molecule has 0 aliphatic carbocycles. The van der Waals surface area contributed by atoms with E-state index in [0.29, 0.717) is 12.4 Å². The molecule has 1 aromatic heterocycles. The number of hydrogen-bond donors (Lipinski definition) is 4. The van der Waals surface area contributed by atoms with Crippen LogP contribution in [0.2, 0.25) is 0 Å². The van der Waals surface area contributed by atoms with Gasteiger partial charge in [0.05, 0.1) is 18.8 Å². The lowest BCUT2D eigenvalue weighted by molar-refractivity contribution is 0.340. The second kappa shape index (κ2) is 5.52. The molecule has 0 aliphatic heterocycles. The number of rotatable bonds is 5. The molecule has 96 valence electrons. The molecule has 1 atom stereocenters. The Hall–Kier alpha value is -2.05. The molecular formula is C12H17N5O. The summed E-state index contributed by atoms with van der Waals surface area (Å²) in [6.07, 6.45) is 1.66. The van der Waals surface area contributed by atoms with Crippen molar-refractivity contribution < 1.29 is 4.74 Å². The third-order valence-electron chi connectivity index (χ3n) is 2.70. The minimum Gasteiger partial charge on any atom is -0.494 e. The van der Waals surface area contributed by atoms with Crippen LogP contribution >= 0.6 is 0 Å². The summed E-state index contributed by atoms with van der Waals surface area (Å²) in [6.45, 7) is 2.59. The molecule has 0 saturated heterocycles. The van der Waals surface area contributed by atoms with Gasteiger partial charge in [-0.1, -0.05) is 12.1 Å². The molecule has 0 bridgehead atoms. The van der Waals surface area contributed by atoms with Gasteiger partial charge in [-0.3, -0.25) is 10.9 Å². The monoisotopic (exact) mass is 247 g/mol. The average Bonchev–Trinajstić information content (AvgIpc) is 2.79. The van der Waals surface area contributed by atoms with E-state index in [-0.39, 0.29) is 6.04 Å². The summed E-state index contributed by atoms with van der Waals surface area (Å²) in [6, 6.07) is 7.50. The summed E-state index contributed by atoms with van der Waals surface area (Å²) in [7, 11) is 0. The first-order chi connectivity index (χ1) is 8.76. The highest BCUT2D eigenvalue weighted by Gasteiger charge is 2.16. The third-order valence-corrected chi connectivity index (χ3v) is 2.70. The van der Waals surface area contributed by atoms with Gasteiger partial charge in [0, 0.05) is 5.56 Å². The minimum absolute atomic E-state index is 0.195. The molecule has 0 amide bonds. The first-order valence-electron chi connectivity index (χ1n) is 5.74. The molecule has 6 nitrogen and oxygen atoms in total. The Morgan fingerprint density at radius 3 is 2.61 bits per heavy atom. The normalized spacial score (nSPS) is 12.3. The third kappa shape index (κ3) is 2.44. The summed E-state index contributed by atoms with van der Waals surface area (Å²) < 4.78 is 5.39. The number of ether oxygens (including phenoxy) is 1. The van der Waals surface area contributed by atoms with Gasteiger partial charge in [0.25, 0.3) is 0 Å². The number of hydrogen-bond acceptors (Lipinski definition) is 5. The molecular weight excluding hydrogens is 230 g/mol. The maximum atomic E-state index is 5.79. The topological polar surface area (TPSA) is 102 Å². The number of H-pyrrole nitrogens is 1. The second-order valence-corrected chi connectivity index (χ2v) is 3.84. The van der Waals surface area contributed by atoms with Crippen molar-refractivity contribution in [1.82, 2.24) is 15.6 Å². The summed E-state index contributed by atoms with van der Waals surface area (Å²) >= 11 is 0. The Labute approximate surface area is 105 Å². The lowest BCUT2D eigenvalue weighted by Gasteiger charge is -2.16. The van der Waals surface area contributed by atoms with E-state index < -0.39 is 0 Å². The maximum absolute atomic E-state index is 5.79. The number of anilines is 1. The number of nitrogens with zero attached hydrogens (tertiary/aromatic N) is 1. The van der Waals surface area contributed by atoms with Gasteiger partial charge in [-0.2, -0.15) is 5.10 Å². The van der Waals surface area contributed by atoms with Gasteiger partial charge >= 0.3 is 0 Å². The van der Waals surface area contributed by atoms with Gasteiger partial charge in [-0.05, 0) is 24.6 Å². The van der Waals surface area contributed by atoms with Gasteiger partial charge in [0.1, 0.15) is 11.6 Å². The zero-order valence-electron chi connectivity index (χ0n) is 10.2. The van der Waals surface area contributed by atoms with E-state index in [4.69, 9.17) is 16.3 Å². The zero-order chi connectivity index (χ0) is 13.0. The van der Waals surface area contributed by atoms with Gasteiger partial charge in [0.2, 0.25) is 0 Å². The zero-order valence-corrected chi connectivity index (χ0v) is 10.2. The van der Waals surface area contributed by atoms with Crippen molar-refractivity contribution in [3.8, 4) is 5.75 Å². The van der Waals surface area contributed by atoms with Crippen molar-refractivity contribution in [3.05, 3.63) is 41.6 Å². The lowest BCUT2D eigenvalue weighted by Crippen LogP contribution is -2.29. The van der Waals surface area contributed by atoms with E-state index in [9.17, 15) is 0 Å². The van der Waals surface area contributed by atoms with Crippen molar-refractivity contribution in [2.75, 3.05) is 12.3 Å². The second-order valence-electron chi connectivity index (χ2n) is 3.84. The molecule has 1 heterocycles. The first kappa shape index (κ1) is 12.4. The maximum Gasteiger partial charge on any atom is 0.124 e. The molecule has 6 heteroatoms. The van der Waals surface area contributed by atoms with E-state index in [2.05, 4.69) is 15.6 Å². The predicted molar refractivity (Wildman–Crippen MR) is 69.8 cm³/mol. The van der Waals surface area contributed by atoms with Crippen LogP contribution in [-0.2, 0) is 0 Å². The fraction of sp³-hybridized carbons (Fsp3) is 0.250. The van der Waals surface area contributed by atoms with Crippen LogP contribution in [0.5, 0.6) is 5.75 Å². The molecule has 0 fully saturated rings. The van der Waals surface area contributed by atoms with E-state index in [0.717, 1.165) is 16.9 Å². The standard InChI is InChI=1S/C12H17N5O/c1-2-18-9-5-3-8(4-6-9)11(16-14)10-7-15-17-12(10)13/h3-7,11,16H,2,14H2,1H3,(H3,13,15,17).